The zero-order valence-corrected chi connectivity index (χ0v) is 19.5. The van der Waals surface area contributed by atoms with Gasteiger partial charge < -0.3 is 25.4 Å². The molecule has 8 nitrogen and oxygen atoms in total. The van der Waals surface area contributed by atoms with Crippen LogP contribution in [-0.2, 0) is 19.1 Å². The minimum atomic E-state index is -1.15. The van der Waals surface area contributed by atoms with E-state index in [1.54, 1.807) is 24.3 Å². The van der Waals surface area contributed by atoms with E-state index < -0.39 is 41.5 Å². The monoisotopic (exact) mass is 513 g/mol. The van der Waals surface area contributed by atoms with Crippen molar-refractivity contribution in [3.63, 3.8) is 0 Å². The lowest BCUT2D eigenvalue weighted by Crippen LogP contribution is -2.56. The smallest absolute Gasteiger partial charge is 0.250 e. The number of hydrogen-bond acceptors (Lipinski definition) is 5. The van der Waals surface area contributed by atoms with Crippen LogP contribution in [0.5, 0.6) is 0 Å². The summed E-state index contributed by atoms with van der Waals surface area (Å²) in [6.07, 6.45) is 0.372. The molecular formula is C21H25BrClN3O5. The number of benzene rings is 1. The molecule has 4 rings (SSSR count). The molecule has 3 amide bonds. The first kappa shape index (κ1) is 22.5. The number of nitrogens with zero attached hydrogens (tertiary/aromatic N) is 1. The van der Waals surface area contributed by atoms with Crippen LogP contribution in [0.1, 0.15) is 19.8 Å². The number of amides is 3. The first-order valence-corrected chi connectivity index (χ1v) is 11.6. The summed E-state index contributed by atoms with van der Waals surface area (Å²) in [5.74, 6) is -2.52. The van der Waals surface area contributed by atoms with Gasteiger partial charge in [0.25, 0.3) is 0 Å². The van der Waals surface area contributed by atoms with Crippen LogP contribution in [0.4, 0.5) is 5.69 Å². The molecule has 0 aliphatic carbocycles. The molecule has 168 valence electrons. The number of anilines is 1. The third-order valence-electron chi connectivity index (χ3n) is 6.71. The third-order valence-corrected chi connectivity index (χ3v) is 7.81. The molecule has 3 aliphatic heterocycles. The van der Waals surface area contributed by atoms with Crippen molar-refractivity contribution in [2.24, 2.45) is 11.8 Å². The van der Waals surface area contributed by atoms with E-state index in [1.165, 1.54) is 11.9 Å². The molecule has 31 heavy (non-hydrogen) atoms. The van der Waals surface area contributed by atoms with E-state index in [0.717, 1.165) is 0 Å². The molecule has 3 saturated heterocycles. The third kappa shape index (κ3) is 3.37. The highest BCUT2D eigenvalue weighted by Gasteiger charge is 2.76. The Bertz CT molecular complexity index is 896. The van der Waals surface area contributed by atoms with Crippen molar-refractivity contribution in [2.75, 3.05) is 19.0 Å². The fraction of sp³-hybridized carbons (Fsp3) is 0.571. The van der Waals surface area contributed by atoms with E-state index in [4.69, 9.17) is 16.3 Å². The largest absolute Gasteiger partial charge is 0.394 e. The van der Waals surface area contributed by atoms with Crippen LogP contribution in [0, 0.1) is 11.8 Å². The molecule has 2 bridgehead atoms. The van der Waals surface area contributed by atoms with E-state index in [1.807, 2.05) is 6.92 Å². The maximum atomic E-state index is 13.6. The average Bonchev–Trinajstić information content (AvgIpc) is 3.34. The summed E-state index contributed by atoms with van der Waals surface area (Å²) in [7, 11) is 1.52. The Balaban J connectivity index is 1.76. The quantitative estimate of drug-likeness (QED) is 0.499. The van der Waals surface area contributed by atoms with Crippen molar-refractivity contribution in [3.8, 4) is 0 Å². The summed E-state index contributed by atoms with van der Waals surface area (Å²) in [4.78, 5) is 41.2. The molecule has 3 unspecified atom stereocenters. The zero-order valence-electron chi connectivity index (χ0n) is 17.2. The van der Waals surface area contributed by atoms with E-state index in [0.29, 0.717) is 23.6 Å². The normalized spacial score (nSPS) is 34.5. The van der Waals surface area contributed by atoms with E-state index >= 15 is 0 Å². The molecule has 1 aromatic carbocycles. The van der Waals surface area contributed by atoms with Gasteiger partial charge in [0.05, 0.1) is 30.6 Å². The van der Waals surface area contributed by atoms with Crippen molar-refractivity contribution in [1.82, 2.24) is 10.2 Å². The van der Waals surface area contributed by atoms with Crippen LogP contribution < -0.4 is 10.6 Å². The van der Waals surface area contributed by atoms with Crippen molar-refractivity contribution in [2.45, 2.75) is 48.4 Å². The number of halogens is 2. The van der Waals surface area contributed by atoms with Crippen molar-refractivity contribution < 1.29 is 24.2 Å². The summed E-state index contributed by atoms with van der Waals surface area (Å²) in [6, 6.07) is 5.13. The van der Waals surface area contributed by atoms with Crippen LogP contribution in [-0.4, -0.2) is 70.0 Å². The van der Waals surface area contributed by atoms with Gasteiger partial charge in [-0.25, -0.2) is 0 Å². The molecule has 3 heterocycles. The van der Waals surface area contributed by atoms with Gasteiger partial charge in [-0.15, -0.1) is 0 Å². The lowest BCUT2D eigenvalue weighted by molar-refractivity contribution is -0.144. The molecule has 3 N–H and O–H groups in total. The van der Waals surface area contributed by atoms with Crippen LogP contribution in [0.2, 0.25) is 5.02 Å². The second kappa shape index (κ2) is 8.35. The van der Waals surface area contributed by atoms with Crippen LogP contribution in [0.3, 0.4) is 0 Å². The summed E-state index contributed by atoms with van der Waals surface area (Å²) in [6.45, 7) is 1.55. The van der Waals surface area contributed by atoms with Crippen LogP contribution >= 0.6 is 27.5 Å². The topological polar surface area (TPSA) is 108 Å². The Kier molecular flexibility index (Phi) is 6.06. The van der Waals surface area contributed by atoms with Gasteiger partial charge in [-0.2, -0.15) is 0 Å². The first-order chi connectivity index (χ1) is 14.8. The van der Waals surface area contributed by atoms with E-state index in [9.17, 15) is 19.5 Å². The summed E-state index contributed by atoms with van der Waals surface area (Å²) in [5.41, 5.74) is -0.615. The standard InChI is InChI=1S/C21H25BrClN3O5/c1-3-12(9-27)26-17(19(29)25-11-6-4-10(23)5-7-11)21-8-13(22)16(31-21)14(18(28)24-2)15(21)20(26)30/h4-7,12-17,27H,3,8-9H2,1-2H3,(H,24,28)(H,25,29)/t12-,13?,14-,15-,16-,17?,21?/m0/s1. The Morgan fingerprint density at radius 3 is 2.61 bits per heavy atom. The second-order valence-electron chi connectivity index (χ2n) is 8.26. The number of aliphatic hydroxyl groups excluding tert-OH is 1. The molecule has 1 aromatic rings. The van der Waals surface area contributed by atoms with Gasteiger partial charge in [0.2, 0.25) is 17.7 Å². The number of alkyl halides is 1. The number of fused-ring (bicyclic) bond motifs is 1. The molecule has 10 heteroatoms. The molecule has 0 aromatic heterocycles. The number of carbonyl (C=O) groups is 3. The second-order valence-corrected chi connectivity index (χ2v) is 9.88. The average molecular weight is 515 g/mol. The highest BCUT2D eigenvalue weighted by atomic mass is 79.9. The molecule has 7 atom stereocenters. The summed E-state index contributed by atoms with van der Waals surface area (Å²) < 4.78 is 6.33. The molecular weight excluding hydrogens is 490 g/mol. The SMILES string of the molecule is CC[C@@H](CO)N1C(=O)[C@@H]2[C@H](C(=O)NC)[C@H]3OC2(CC3Br)C1C(=O)Nc1ccc(Cl)cc1. The predicted octanol–water partition coefficient (Wildman–Crippen LogP) is 1.54. The Morgan fingerprint density at radius 1 is 1.35 bits per heavy atom. The number of nitrogens with one attached hydrogen (secondary N) is 2. The van der Waals surface area contributed by atoms with Crippen molar-refractivity contribution in [1.29, 1.82) is 0 Å². The van der Waals surface area contributed by atoms with Gasteiger partial charge in [0.15, 0.2) is 0 Å². The first-order valence-electron chi connectivity index (χ1n) is 10.3. The lowest BCUT2D eigenvalue weighted by Gasteiger charge is -2.36. The molecule has 3 fully saturated rings. The zero-order chi connectivity index (χ0) is 22.5. The number of likely N-dealkylation sites (tertiary alicyclic amines) is 1. The van der Waals surface area contributed by atoms with Gasteiger partial charge in [0.1, 0.15) is 11.6 Å². The van der Waals surface area contributed by atoms with Gasteiger partial charge in [-0.1, -0.05) is 34.5 Å². The minimum absolute atomic E-state index is 0.168. The van der Waals surface area contributed by atoms with Gasteiger partial charge >= 0.3 is 0 Å². The fourth-order valence-corrected chi connectivity index (χ4v) is 6.45. The molecule has 1 spiro atoms. The predicted molar refractivity (Wildman–Crippen MR) is 118 cm³/mol. The molecule has 3 aliphatic rings. The maximum Gasteiger partial charge on any atom is 0.250 e. The summed E-state index contributed by atoms with van der Waals surface area (Å²) >= 11 is 9.54. The number of hydrogen-bond donors (Lipinski definition) is 3. The molecule has 0 saturated carbocycles. The number of carbonyl (C=O) groups excluding carboxylic acids is 3. The lowest BCUT2D eigenvalue weighted by atomic mass is 9.70. The van der Waals surface area contributed by atoms with Crippen LogP contribution in [0.25, 0.3) is 0 Å². The number of aliphatic hydroxyl groups is 1. The highest BCUT2D eigenvalue weighted by molar-refractivity contribution is 9.09. The Morgan fingerprint density at radius 2 is 2.03 bits per heavy atom. The van der Waals surface area contributed by atoms with Gasteiger partial charge in [-0.05, 0) is 37.1 Å². The highest BCUT2D eigenvalue weighted by Crippen LogP contribution is 2.60. The Labute approximate surface area is 193 Å². The van der Waals surface area contributed by atoms with Crippen molar-refractivity contribution >= 4 is 50.9 Å². The summed E-state index contributed by atoms with van der Waals surface area (Å²) in [5, 5.41) is 16.0. The maximum absolute atomic E-state index is 13.6. The fourth-order valence-electron chi connectivity index (χ4n) is 5.38. The Hall–Kier alpha value is -1.68. The molecule has 0 radical (unpaired) electrons. The van der Waals surface area contributed by atoms with E-state index in [-0.39, 0.29) is 23.2 Å². The van der Waals surface area contributed by atoms with Gasteiger partial charge in [0, 0.05) is 22.6 Å². The minimum Gasteiger partial charge on any atom is -0.394 e. The number of rotatable bonds is 6. The van der Waals surface area contributed by atoms with Crippen LogP contribution in [0.15, 0.2) is 24.3 Å². The van der Waals surface area contributed by atoms with Crippen molar-refractivity contribution in [3.05, 3.63) is 29.3 Å². The van der Waals surface area contributed by atoms with Gasteiger partial charge in [-0.3, -0.25) is 14.4 Å². The van der Waals surface area contributed by atoms with E-state index in [2.05, 4.69) is 26.6 Å². The number of ether oxygens (including phenoxy) is 1.